The molecule has 28 heavy (non-hydrogen) atoms. The van der Waals surface area contributed by atoms with Crippen LogP contribution >= 0.6 is 24.0 Å². The van der Waals surface area contributed by atoms with Gasteiger partial charge in [-0.25, -0.2) is 4.98 Å². The maximum absolute atomic E-state index is 5.66. The smallest absolute Gasteiger partial charge is 0.193 e. The molecular weight excluding hydrogens is 471 g/mol. The van der Waals surface area contributed by atoms with E-state index in [4.69, 9.17) is 9.47 Å². The molecule has 0 saturated carbocycles. The molecule has 1 aromatic heterocycles. The maximum Gasteiger partial charge on any atom is 0.193 e. The van der Waals surface area contributed by atoms with Crippen molar-refractivity contribution in [3.63, 3.8) is 0 Å². The number of guanidine groups is 1. The molecule has 1 saturated heterocycles. The molecule has 0 aliphatic carbocycles. The van der Waals surface area contributed by atoms with Crippen molar-refractivity contribution in [1.82, 2.24) is 25.4 Å². The third-order valence-corrected chi connectivity index (χ3v) is 4.81. The maximum atomic E-state index is 5.66. The minimum atomic E-state index is 0. The van der Waals surface area contributed by atoms with Crippen molar-refractivity contribution in [2.75, 3.05) is 33.9 Å². The van der Waals surface area contributed by atoms with Crippen LogP contribution in [0.3, 0.4) is 0 Å². The first-order valence-electron chi connectivity index (χ1n) is 9.35. The fourth-order valence-electron chi connectivity index (χ4n) is 3.39. The van der Waals surface area contributed by atoms with E-state index in [0.717, 1.165) is 54.8 Å². The van der Waals surface area contributed by atoms with Gasteiger partial charge in [-0.15, -0.1) is 24.0 Å². The number of halogens is 1. The van der Waals surface area contributed by atoms with E-state index in [9.17, 15) is 0 Å². The number of rotatable bonds is 6. The minimum Gasteiger partial charge on any atom is -0.493 e. The van der Waals surface area contributed by atoms with Gasteiger partial charge in [0.2, 0.25) is 0 Å². The van der Waals surface area contributed by atoms with Gasteiger partial charge in [-0.3, -0.25) is 10.1 Å². The van der Waals surface area contributed by atoms with Gasteiger partial charge in [-0.1, -0.05) is 6.07 Å². The third-order valence-electron chi connectivity index (χ3n) is 4.81. The number of hydrogen-bond donors (Lipinski definition) is 2. The summed E-state index contributed by atoms with van der Waals surface area (Å²) in [6.07, 6.45) is 3.65. The van der Waals surface area contributed by atoms with Crippen molar-refractivity contribution in [2.24, 2.45) is 4.99 Å². The molecule has 9 heteroatoms. The number of hydrogen-bond acceptors (Lipinski definition) is 5. The minimum absolute atomic E-state index is 0. The Hall–Kier alpha value is -2.04. The van der Waals surface area contributed by atoms with Gasteiger partial charge in [0.1, 0.15) is 12.2 Å². The van der Waals surface area contributed by atoms with Crippen molar-refractivity contribution < 1.29 is 9.47 Å². The molecule has 0 radical (unpaired) electrons. The topological polar surface area (TPSA) is 87.7 Å². The molecule has 3 rings (SSSR count). The summed E-state index contributed by atoms with van der Waals surface area (Å²) >= 11 is 0. The number of aromatic nitrogens is 3. The first-order chi connectivity index (χ1) is 13.2. The third kappa shape index (κ3) is 5.49. The van der Waals surface area contributed by atoms with Crippen LogP contribution in [0.1, 0.15) is 37.1 Å². The van der Waals surface area contributed by atoms with E-state index in [2.05, 4.69) is 30.4 Å². The molecule has 2 heterocycles. The summed E-state index contributed by atoms with van der Waals surface area (Å²) in [5.74, 6) is 3.86. The van der Waals surface area contributed by atoms with Crippen molar-refractivity contribution in [3.8, 4) is 11.5 Å². The van der Waals surface area contributed by atoms with E-state index >= 15 is 0 Å². The summed E-state index contributed by atoms with van der Waals surface area (Å²) in [6.45, 7) is 5.14. The Bertz CT molecular complexity index is 745. The van der Waals surface area contributed by atoms with Gasteiger partial charge in [-0.05, 0) is 37.5 Å². The zero-order chi connectivity index (χ0) is 19.1. The highest BCUT2D eigenvalue weighted by atomic mass is 127. The van der Waals surface area contributed by atoms with Crippen LogP contribution in [0.2, 0.25) is 0 Å². The van der Waals surface area contributed by atoms with Crippen LogP contribution in [-0.4, -0.2) is 59.9 Å². The number of methoxy groups -OCH3 is 1. The molecule has 2 N–H and O–H groups in total. The quantitative estimate of drug-likeness (QED) is 0.361. The van der Waals surface area contributed by atoms with E-state index in [1.807, 2.05) is 32.2 Å². The molecule has 8 nitrogen and oxygen atoms in total. The molecule has 0 unspecified atom stereocenters. The number of aromatic amines is 1. The van der Waals surface area contributed by atoms with E-state index in [-0.39, 0.29) is 24.0 Å². The molecule has 2 aromatic rings. The molecule has 1 aromatic carbocycles. The lowest BCUT2D eigenvalue weighted by Gasteiger charge is -2.33. The molecule has 154 valence electrons. The number of H-pyrrole nitrogens is 1. The zero-order valence-corrected chi connectivity index (χ0v) is 19.0. The molecule has 1 fully saturated rings. The van der Waals surface area contributed by atoms with Gasteiger partial charge in [0.05, 0.1) is 13.7 Å². The Labute approximate surface area is 183 Å². The number of nitrogens with one attached hydrogen (secondary N) is 2. The summed E-state index contributed by atoms with van der Waals surface area (Å²) in [5, 5.41) is 10.4. The summed E-state index contributed by atoms with van der Waals surface area (Å²) in [4.78, 5) is 11.0. The SMILES string of the molecule is CCOc1cc(CNC(=NC)N2CCC(c3ncn[nH]3)CC2)ccc1OC.I. The van der Waals surface area contributed by atoms with Crippen LogP contribution in [0.4, 0.5) is 0 Å². The summed E-state index contributed by atoms with van der Waals surface area (Å²) < 4.78 is 11.0. The predicted molar refractivity (Wildman–Crippen MR) is 120 cm³/mol. The van der Waals surface area contributed by atoms with Crippen LogP contribution < -0.4 is 14.8 Å². The molecular formula is C19H29IN6O2. The monoisotopic (exact) mass is 500 g/mol. The Kier molecular flexibility index (Phi) is 8.81. The highest BCUT2D eigenvalue weighted by molar-refractivity contribution is 14.0. The van der Waals surface area contributed by atoms with Gasteiger partial charge in [0.15, 0.2) is 17.5 Å². The molecule has 0 spiro atoms. The Morgan fingerprint density at radius 1 is 1.32 bits per heavy atom. The number of benzene rings is 1. The number of piperidine rings is 1. The lowest BCUT2D eigenvalue weighted by Crippen LogP contribution is -2.45. The summed E-state index contributed by atoms with van der Waals surface area (Å²) in [5.41, 5.74) is 1.12. The van der Waals surface area contributed by atoms with E-state index in [1.165, 1.54) is 0 Å². The number of likely N-dealkylation sites (tertiary alicyclic amines) is 1. The molecule has 0 amide bonds. The van der Waals surface area contributed by atoms with Crippen LogP contribution in [0.25, 0.3) is 0 Å². The summed E-state index contributed by atoms with van der Waals surface area (Å²) in [6, 6.07) is 5.99. The highest BCUT2D eigenvalue weighted by Crippen LogP contribution is 2.28. The molecule has 1 aliphatic rings. The van der Waals surface area contributed by atoms with Gasteiger partial charge >= 0.3 is 0 Å². The fourth-order valence-corrected chi connectivity index (χ4v) is 3.39. The normalized spacial score (nSPS) is 15.1. The second kappa shape index (κ2) is 11.1. The lowest BCUT2D eigenvalue weighted by atomic mass is 9.96. The highest BCUT2D eigenvalue weighted by Gasteiger charge is 2.24. The van der Waals surface area contributed by atoms with Gasteiger partial charge < -0.3 is 19.7 Å². The lowest BCUT2D eigenvalue weighted by molar-refractivity contribution is 0.298. The van der Waals surface area contributed by atoms with Crippen molar-refractivity contribution in [3.05, 3.63) is 35.9 Å². The number of nitrogens with zero attached hydrogens (tertiary/aromatic N) is 4. The van der Waals surface area contributed by atoms with Gasteiger partial charge in [0.25, 0.3) is 0 Å². The van der Waals surface area contributed by atoms with Crippen LogP contribution in [0.5, 0.6) is 11.5 Å². The van der Waals surface area contributed by atoms with Gasteiger partial charge in [-0.2, -0.15) is 5.10 Å². The molecule has 1 aliphatic heterocycles. The number of aliphatic imine (C=N–C) groups is 1. The van der Waals surface area contributed by atoms with Crippen LogP contribution in [-0.2, 0) is 6.54 Å². The largest absolute Gasteiger partial charge is 0.493 e. The van der Waals surface area contributed by atoms with E-state index in [0.29, 0.717) is 19.1 Å². The van der Waals surface area contributed by atoms with Crippen molar-refractivity contribution >= 4 is 29.9 Å². The van der Waals surface area contributed by atoms with Crippen LogP contribution in [0.15, 0.2) is 29.5 Å². The standard InChI is InChI=1S/C19H28N6O2.HI/c1-4-27-17-11-14(5-6-16(17)26-3)12-21-19(20-2)25-9-7-15(8-10-25)18-22-13-23-24-18;/h5-6,11,13,15H,4,7-10,12H2,1-3H3,(H,20,21)(H,22,23,24);1H. The average molecular weight is 500 g/mol. The van der Waals surface area contributed by atoms with E-state index < -0.39 is 0 Å². The zero-order valence-electron chi connectivity index (χ0n) is 16.6. The Morgan fingerprint density at radius 2 is 2.11 bits per heavy atom. The fraction of sp³-hybridized carbons (Fsp3) is 0.526. The second-order valence-electron chi connectivity index (χ2n) is 6.45. The second-order valence-corrected chi connectivity index (χ2v) is 6.45. The first kappa shape index (κ1) is 22.3. The predicted octanol–water partition coefficient (Wildman–Crippen LogP) is 2.79. The molecule has 0 bridgehead atoms. The van der Waals surface area contributed by atoms with Crippen molar-refractivity contribution in [2.45, 2.75) is 32.2 Å². The van der Waals surface area contributed by atoms with Gasteiger partial charge in [0, 0.05) is 32.6 Å². The summed E-state index contributed by atoms with van der Waals surface area (Å²) in [7, 11) is 3.48. The Morgan fingerprint density at radius 3 is 2.71 bits per heavy atom. The molecule has 0 atom stereocenters. The van der Waals surface area contributed by atoms with Crippen LogP contribution in [0, 0.1) is 0 Å². The van der Waals surface area contributed by atoms with E-state index in [1.54, 1.807) is 13.4 Å². The number of ether oxygens (including phenoxy) is 2. The first-order valence-corrected chi connectivity index (χ1v) is 9.35. The average Bonchev–Trinajstić information content (AvgIpc) is 3.24. The Balaban J connectivity index is 0.00000280. The van der Waals surface area contributed by atoms with Crippen molar-refractivity contribution in [1.29, 1.82) is 0 Å².